The number of aryl methyl sites for hydroxylation is 2. The third-order valence-corrected chi connectivity index (χ3v) is 8.77. The molecule has 5 nitrogen and oxygen atoms in total. The summed E-state index contributed by atoms with van der Waals surface area (Å²) >= 11 is 14.2. The molecule has 1 saturated carbocycles. The maximum absolute atomic E-state index is 13.1. The second-order valence-corrected chi connectivity index (χ2v) is 11.3. The Morgan fingerprint density at radius 2 is 1.79 bits per heavy atom. The first-order chi connectivity index (χ1) is 16.1. The lowest BCUT2D eigenvalue weighted by molar-refractivity contribution is 0.0747. The largest absolute Gasteiger partial charge is 0.352 e. The molecule has 0 N–H and O–H groups in total. The summed E-state index contributed by atoms with van der Waals surface area (Å²) in [4.78, 5) is 30.2. The molecule has 0 unspecified atom stereocenters. The molecule has 0 bridgehead atoms. The molecule has 1 amide bonds. The van der Waals surface area contributed by atoms with Crippen molar-refractivity contribution in [2.75, 3.05) is 31.1 Å². The van der Waals surface area contributed by atoms with E-state index in [0.29, 0.717) is 34.6 Å². The topological polar surface area (TPSA) is 49.3 Å². The summed E-state index contributed by atoms with van der Waals surface area (Å²) < 4.78 is 0. The molecule has 6 rings (SSSR count). The standard InChI is InChI=1S/C25H26Cl2N4OS/c26-16-8-9-17(19(27)14-16)25(32)31-12-10-30(11-13-31)23-21-18-4-2-1-3-5-20(18)33-24(21)29-22(28-23)15-6-7-15/h8-9,14-15H,1-7,10-13H2. The number of thiophene rings is 1. The Morgan fingerprint density at radius 3 is 2.55 bits per heavy atom. The van der Waals surface area contributed by atoms with E-state index in [9.17, 15) is 4.79 Å². The number of hydrogen-bond donors (Lipinski definition) is 0. The molecule has 172 valence electrons. The molecular weight excluding hydrogens is 475 g/mol. The second kappa shape index (κ2) is 8.71. The molecule has 3 aromatic rings. The average molecular weight is 501 g/mol. The van der Waals surface area contributed by atoms with Crippen LogP contribution in [0, 0.1) is 0 Å². The fourth-order valence-corrected chi connectivity index (χ4v) is 6.79. The lowest BCUT2D eigenvalue weighted by Gasteiger charge is -2.36. The van der Waals surface area contributed by atoms with Crippen molar-refractivity contribution in [3.63, 3.8) is 0 Å². The van der Waals surface area contributed by atoms with E-state index >= 15 is 0 Å². The van der Waals surface area contributed by atoms with Crippen LogP contribution in [0.15, 0.2) is 18.2 Å². The van der Waals surface area contributed by atoms with E-state index in [2.05, 4.69) is 4.90 Å². The van der Waals surface area contributed by atoms with Crippen molar-refractivity contribution in [2.45, 2.75) is 50.9 Å². The van der Waals surface area contributed by atoms with Gasteiger partial charge in [-0.05, 0) is 62.3 Å². The van der Waals surface area contributed by atoms with Crippen LogP contribution in [-0.2, 0) is 12.8 Å². The number of piperazine rings is 1. The monoisotopic (exact) mass is 500 g/mol. The van der Waals surface area contributed by atoms with Gasteiger partial charge in [-0.1, -0.05) is 29.6 Å². The molecule has 1 saturated heterocycles. The number of fused-ring (bicyclic) bond motifs is 3. The third kappa shape index (κ3) is 4.11. The third-order valence-electron chi connectivity index (χ3n) is 7.03. The zero-order chi connectivity index (χ0) is 22.5. The molecule has 2 aromatic heterocycles. The summed E-state index contributed by atoms with van der Waals surface area (Å²) in [6.07, 6.45) is 8.49. The van der Waals surface area contributed by atoms with Crippen molar-refractivity contribution >= 4 is 56.5 Å². The summed E-state index contributed by atoms with van der Waals surface area (Å²) in [5, 5.41) is 2.22. The minimum absolute atomic E-state index is 0.0350. The summed E-state index contributed by atoms with van der Waals surface area (Å²) in [5.74, 6) is 2.59. The number of amides is 1. The van der Waals surface area contributed by atoms with Gasteiger partial charge in [-0.3, -0.25) is 4.79 Å². The van der Waals surface area contributed by atoms with Gasteiger partial charge in [-0.2, -0.15) is 0 Å². The van der Waals surface area contributed by atoms with E-state index in [1.54, 1.807) is 18.2 Å². The molecule has 2 aliphatic carbocycles. The van der Waals surface area contributed by atoms with Crippen molar-refractivity contribution < 1.29 is 4.79 Å². The highest BCUT2D eigenvalue weighted by atomic mass is 35.5. The summed E-state index contributed by atoms with van der Waals surface area (Å²) in [7, 11) is 0. The Balaban J connectivity index is 1.29. The number of carbonyl (C=O) groups excluding carboxylic acids is 1. The zero-order valence-electron chi connectivity index (χ0n) is 18.4. The Labute approximate surface area is 207 Å². The zero-order valence-corrected chi connectivity index (χ0v) is 20.8. The number of halogens is 2. The molecule has 33 heavy (non-hydrogen) atoms. The quantitative estimate of drug-likeness (QED) is 0.407. The van der Waals surface area contributed by atoms with Crippen LogP contribution in [0.2, 0.25) is 10.0 Å². The van der Waals surface area contributed by atoms with Gasteiger partial charge in [0.05, 0.1) is 16.0 Å². The summed E-state index contributed by atoms with van der Waals surface area (Å²) in [6, 6.07) is 5.07. The fraction of sp³-hybridized carbons (Fsp3) is 0.480. The minimum Gasteiger partial charge on any atom is -0.352 e. The maximum Gasteiger partial charge on any atom is 0.255 e. The lowest BCUT2D eigenvalue weighted by atomic mass is 10.1. The van der Waals surface area contributed by atoms with Crippen molar-refractivity contribution in [2.24, 2.45) is 0 Å². The van der Waals surface area contributed by atoms with E-state index in [-0.39, 0.29) is 5.91 Å². The molecular formula is C25H26Cl2N4OS. The van der Waals surface area contributed by atoms with Crippen molar-refractivity contribution in [1.82, 2.24) is 14.9 Å². The highest BCUT2D eigenvalue weighted by Crippen LogP contribution is 2.44. The maximum atomic E-state index is 13.1. The van der Waals surface area contributed by atoms with E-state index in [1.165, 1.54) is 59.2 Å². The van der Waals surface area contributed by atoms with Crippen LogP contribution in [0.5, 0.6) is 0 Å². The Bertz CT molecular complexity index is 1230. The van der Waals surface area contributed by atoms with Crippen LogP contribution in [0.4, 0.5) is 5.82 Å². The molecule has 2 fully saturated rings. The van der Waals surface area contributed by atoms with Crippen LogP contribution in [0.3, 0.4) is 0 Å². The van der Waals surface area contributed by atoms with E-state index < -0.39 is 0 Å². The fourth-order valence-electron chi connectivity index (χ4n) is 5.04. The first-order valence-electron chi connectivity index (χ1n) is 11.9. The molecule has 0 spiro atoms. The van der Waals surface area contributed by atoms with Crippen LogP contribution >= 0.6 is 34.5 Å². The van der Waals surface area contributed by atoms with Crippen molar-refractivity contribution in [3.05, 3.63) is 50.1 Å². The predicted octanol–water partition coefficient (Wildman–Crippen LogP) is 6.11. The average Bonchev–Trinajstić information content (AvgIpc) is 3.64. The van der Waals surface area contributed by atoms with E-state index in [4.69, 9.17) is 33.2 Å². The van der Waals surface area contributed by atoms with Crippen molar-refractivity contribution in [1.29, 1.82) is 0 Å². The number of aromatic nitrogens is 2. The van der Waals surface area contributed by atoms with Gasteiger partial charge in [0.1, 0.15) is 16.5 Å². The van der Waals surface area contributed by atoms with Gasteiger partial charge >= 0.3 is 0 Å². The number of hydrogen-bond acceptors (Lipinski definition) is 5. The molecule has 1 aliphatic heterocycles. The van der Waals surface area contributed by atoms with Gasteiger partial charge in [0.25, 0.3) is 5.91 Å². The molecule has 1 aromatic carbocycles. The molecule has 0 radical (unpaired) electrons. The SMILES string of the molecule is O=C(c1ccc(Cl)cc1Cl)N1CCN(c2nc(C3CC3)nc3sc4c(c23)CCCCC4)CC1. The minimum atomic E-state index is -0.0350. The summed E-state index contributed by atoms with van der Waals surface area (Å²) in [5.41, 5.74) is 1.99. The van der Waals surface area contributed by atoms with Gasteiger partial charge in [-0.25, -0.2) is 9.97 Å². The predicted molar refractivity (Wildman–Crippen MR) is 135 cm³/mol. The van der Waals surface area contributed by atoms with Gasteiger partial charge in [0.15, 0.2) is 0 Å². The van der Waals surface area contributed by atoms with Gasteiger partial charge < -0.3 is 9.80 Å². The van der Waals surface area contributed by atoms with Crippen LogP contribution in [-0.4, -0.2) is 47.0 Å². The van der Waals surface area contributed by atoms with Gasteiger partial charge in [-0.15, -0.1) is 11.3 Å². The normalized spacial score (nSPS) is 19.0. The smallest absolute Gasteiger partial charge is 0.255 e. The number of carbonyl (C=O) groups is 1. The molecule has 8 heteroatoms. The van der Waals surface area contributed by atoms with E-state index in [1.807, 2.05) is 16.2 Å². The second-order valence-electron chi connectivity index (χ2n) is 9.33. The highest BCUT2D eigenvalue weighted by Gasteiger charge is 2.32. The Hall–Kier alpha value is -1.89. The summed E-state index contributed by atoms with van der Waals surface area (Å²) in [6.45, 7) is 2.82. The number of anilines is 1. The van der Waals surface area contributed by atoms with Crippen LogP contribution < -0.4 is 4.90 Å². The number of benzene rings is 1. The van der Waals surface area contributed by atoms with Gasteiger partial charge in [0, 0.05) is 42.0 Å². The Morgan fingerprint density at radius 1 is 1.00 bits per heavy atom. The van der Waals surface area contributed by atoms with Crippen LogP contribution in [0.25, 0.3) is 10.2 Å². The molecule has 3 aliphatic rings. The first-order valence-corrected chi connectivity index (χ1v) is 13.5. The van der Waals surface area contributed by atoms with Crippen molar-refractivity contribution in [3.8, 4) is 0 Å². The van der Waals surface area contributed by atoms with Crippen LogP contribution in [0.1, 0.15) is 64.6 Å². The number of nitrogens with zero attached hydrogens (tertiary/aromatic N) is 4. The number of rotatable bonds is 3. The van der Waals surface area contributed by atoms with Gasteiger partial charge in [0.2, 0.25) is 0 Å². The Kier molecular flexibility index (Phi) is 5.71. The van der Waals surface area contributed by atoms with E-state index in [0.717, 1.165) is 31.2 Å². The molecule has 3 heterocycles. The lowest BCUT2D eigenvalue weighted by Crippen LogP contribution is -2.49. The molecule has 0 atom stereocenters. The first kappa shape index (κ1) is 21.6. The highest BCUT2D eigenvalue weighted by molar-refractivity contribution is 7.19.